The Morgan fingerprint density at radius 1 is 1.03 bits per heavy atom. The van der Waals surface area contributed by atoms with Gasteiger partial charge < -0.3 is 15.3 Å². The molecule has 5 nitrogen and oxygen atoms in total. The number of rotatable bonds is 7. The van der Waals surface area contributed by atoms with Crippen LogP contribution in [0.2, 0.25) is 0 Å². The second-order valence-corrected chi connectivity index (χ2v) is 9.56. The third-order valence-corrected chi connectivity index (χ3v) is 7.20. The Morgan fingerprint density at radius 3 is 2.39 bits per heavy atom. The van der Waals surface area contributed by atoms with Gasteiger partial charge >= 0.3 is 0 Å². The van der Waals surface area contributed by atoms with E-state index in [0.717, 1.165) is 59.2 Å². The van der Waals surface area contributed by atoms with Gasteiger partial charge in [0.2, 0.25) is 0 Å². The average Bonchev–Trinajstić information content (AvgIpc) is 3.41. The zero-order valence-electron chi connectivity index (χ0n) is 20.9. The first-order valence-electron chi connectivity index (χ1n) is 12.9. The number of pyridine rings is 1. The summed E-state index contributed by atoms with van der Waals surface area (Å²) in [5.74, 6) is -0.118. The molecule has 2 heterocycles. The highest BCUT2D eigenvalue weighted by Gasteiger charge is 2.35. The van der Waals surface area contributed by atoms with Crippen molar-refractivity contribution >= 4 is 22.5 Å². The minimum atomic E-state index is -0.522. The molecule has 3 atom stereocenters. The molecule has 0 bridgehead atoms. The fourth-order valence-electron chi connectivity index (χ4n) is 5.42. The zero-order chi connectivity index (χ0) is 25.1. The minimum Gasteiger partial charge on any atom is -0.391 e. The van der Waals surface area contributed by atoms with Crippen LogP contribution in [0.3, 0.4) is 0 Å². The van der Waals surface area contributed by atoms with Crippen molar-refractivity contribution in [3.8, 4) is 11.3 Å². The first-order chi connectivity index (χ1) is 17.6. The SMILES string of the molecule is CC[C@H](NC(=O)c1c(N2CCC[C@H]2C(C)O)c(-c2ccccc2)nc2ccccc12)c1ccccc1. The highest BCUT2D eigenvalue weighted by atomic mass is 16.3. The van der Waals surface area contributed by atoms with Crippen LogP contribution in [0.1, 0.15) is 55.1 Å². The van der Waals surface area contributed by atoms with Crippen molar-refractivity contribution in [2.75, 3.05) is 11.4 Å². The Hall–Kier alpha value is -3.70. The van der Waals surface area contributed by atoms with E-state index < -0.39 is 6.10 Å². The predicted octanol–water partition coefficient (Wildman–Crippen LogP) is 6.13. The van der Waals surface area contributed by atoms with Crippen LogP contribution >= 0.6 is 0 Å². The Balaban J connectivity index is 1.73. The molecule has 0 radical (unpaired) electrons. The maximum absolute atomic E-state index is 14.2. The number of hydrogen-bond donors (Lipinski definition) is 2. The lowest BCUT2D eigenvalue weighted by molar-refractivity contribution is 0.0937. The lowest BCUT2D eigenvalue weighted by atomic mass is 9.97. The third kappa shape index (κ3) is 4.59. The quantitative estimate of drug-likeness (QED) is 0.335. The molecule has 1 aliphatic rings. The number of amides is 1. The van der Waals surface area contributed by atoms with E-state index in [4.69, 9.17) is 4.98 Å². The van der Waals surface area contributed by atoms with Gasteiger partial charge in [-0.25, -0.2) is 4.98 Å². The monoisotopic (exact) mass is 479 g/mol. The van der Waals surface area contributed by atoms with Gasteiger partial charge in [-0.05, 0) is 37.8 Å². The molecule has 1 aromatic heterocycles. The molecule has 4 aromatic rings. The molecule has 0 aliphatic carbocycles. The molecular weight excluding hydrogens is 446 g/mol. The normalized spacial score (nSPS) is 17.2. The summed E-state index contributed by atoms with van der Waals surface area (Å²) >= 11 is 0. The predicted molar refractivity (Wildman–Crippen MR) is 146 cm³/mol. The highest BCUT2D eigenvalue weighted by molar-refractivity contribution is 6.13. The number of benzene rings is 3. The van der Waals surface area contributed by atoms with Gasteiger partial charge in [0.05, 0.1) is 40.6 Å². The molecule has 1 amide bonds. The Bertz CT molecular complexity index is 1340. The van der Waals surface area contributed by atoms with Crippen LogP contribution in [-0.4, -0.2) is 34.7 Å². The number of hydrogen-bond acceptors (Lipinski definition) is 4. The van der Waals surface area contributed by atoms with Crippen LogP contribution in [0.25, 0.3) is 22.2 Å². The Labute approximate surface area is 212 Å². The molecule has 0 spiro atoms. The molecule has 36 heavy (non-hydrogen) atoms. The fourth-order valence-corrected chi connectivity index (χ4v) is 5.42. The molecule has 3 aromatic carbocycles. The summed E-state index contributed by atoms with van der Waals surface area (Å²) < 4.78 is 0. The van der Waals surface area contributed by atoms with Crippen LogP contribution in [0, 0.1) is 0 Å². The van der Waals surface area contributed by atoms with E-state index in [1.807, 2.05) is 79.7 Å². The molecule has 184 valence electrons. The van der Waals surface area contributed by atoms with Gasteiger partial charge in [0.25, 0.3) is 5.91 Å². The fraction of sp³-hybridized carbons (Fsp3) is 0.290. The standard InChI is InChI=1S/C31H33N3O2/c1-3-25(22-13-6-4-7-14-22)33-31(36)28-24-17-10-11-18-26(24)32-29(23-15-8-5-9-16-23)30(28)34-20-12-19-27(34)21(2)35/h4-11,13-18,21,25,27,35H,3,12,19-20H2,1-2H3,(H,33,36)/t21?,25-,27-/m0/s1. The summed E-state index contributed by atoms with van der Waals surface area (Å²) in [5, 5.41) is 14.8. The van der Waals surface area contributed by atoms with Crippen molar-refractivity contribution in [3.05, 3.63) is 96.1 Å². The van der Waals surface area contributed by atoms with Crippen molar-refractivity contribution in [2.45, 2.75) is 51.3 Å². The third-order valence-electron chi connectivity index (χ3n) is 7.20. The lowest BCUT2D eigenvalue weighted by Crippen LogP contribution is -2.40. The van der Waals surface area contributed by atoms with E-state index in [2.05, 4.69) is 29.3 Å². The van der Waals surface area contributed by atoms with Gasteiger partial charge in [-0.2, -0.15) is 0 Å². The number of para-hydroxylation sites is 1. The van der Waals surface area contributed by atoms with Crippen molar-refractivity contribution in [3.63, 3.8) is 0 Å². The molecule has 2 N–H and O–H groups in total. The smallest absolute Gasteiger partial charge is 0.254 e. The van der Waals surface area contributed by atoms with E-state index in [9.17, 15) is 9.90 Å². The first-order valence-corrected chi connectivity index (χ1v) is 12.9. The van der Waals surface area contributed by atoms with Crippen LogP contribution in [0.15, 0.2) is 84.9 Å². The molecule has 5 rings (SSSR count). The van der Waals surface area contributed by atoms with Gasteiger partial charge in [0.1, 0.15) is 0 Å². The van der Waals surface area contributed by atoms with Crippen LogP contribution in [-0.2, 0) is 0 Å². The summed E-state index contributed by atoms with van der Waals surface area (Å²) in [6.45, 7) is 4.69. The largest absolute Gasteiger partial charge is 0.391 e. The van der Waals surface area contributed by atoms with Crippen molar-refractivity contribution in [1.29, 1.82) is 0 Å². The summed E-state index contributed by atoms with van der Waals surface area (Å²) in [4.78, 5) is 21.5. The van der Waals surface area contributed by atoms with E-state index in [-0.39, 0.29) is 18.0 Å². The van der Waals surface area contributed by atoms with Gasteiger partial charge in [0, 0.05) is 17.5 Å². The molecule has 1 fully saturated rings. The lowest BCUT2D eigenvalue weighted by Gasteiger charge is -2.33. The number of nitrogens with one attached hydrogen (secondary N) is 1. The summed E-state index contributed by atoms with van der Waals surface area (Å²) in [6, 6.07) is 27.8. The number of aromatic nitrogens is 1. The molecule has 0 saturated carbocycles. The Morgan fingerprint density at radius 2 is 1.69 bits per heavy atom. The number of carbonyl (C=O) groups is 1. The molecular formula is C31H33N3O2. The van der Waals surface area contributed by atoms with Crippen molar-refractivity contribution in [2.24, 2.45) is 0 Å². The van der Waals surface area contributed by atoms with Crippen molar-refractivity contribution < 1.29 is 9.90 Å². The number of anilines is 1. The molecule has 5 heteroatoms. The number of carbonyl (C=O) groups excluding carboxylic acids is 1. The minimum absolute atomic E-state index is 0.0712. The zero-order valence-corrected chi connectivity index (χ0v) is 20.9. The summed E-state index contributed by atoms with van der Waals surface area (Å²) in [7, 11) is 0. The van der Waals surface area contributed by atoms with E-state index in [1.54, 1.807) is 0 Å². The molecule has 1 unspecified atom stereocenters. The van der Waals surface area contributed by atoms with Crippen LogP contribution in [0.4, 0.5) is 5.69 Å². The average molecular weight is 480 g/mol. The summed E-state index contributed by atoms with van der Waals surface area (Å²) in [6.07, 6.45) is 2.09. The van der Waals surface area contributed by atoms with Crippen LogP contribution in [0.5, 0.6) is 0 Å². The first kappa shape index (κ1) is 24.0. The van der Waals surface area contributed by atoms with E-state index in [0.29, 0.717) is 5.56 Å². The summed E-state index contributed by atoms with van der Waals surface area (Å²) in [5.41, 5.74) is 5.04. The highest BCUT2D eigenvalue weighted by Crippen LogP contribution is 2.41. The van der Waals surface area contributed by atoms with Crippen LogP contribution < -0.4 is 10.2 Å². The molecule has 1 saturated heterocycles. The molecule has 1 aliphatic heterocycles. The van der Waals surface area contributed by atoms with E-state index >= 15 is 0 Å². The maximum atomic E-state index is 14.2. The number of fused-ring (bicyclic) bond motifs is 1. The number of aliphatic hydroxyl groups excluding tert-OH is 1. The second kappa shape index (κ2) is 10.5. The van der Waals surface area contributed by atoms with Gasteiger partial charge in [-0.15, -0.1) is 0 Å². The topological polar surface area (TPSA) is 65.5 Å². The van der Waals surface area contributed by atoms with Gasteiger partial charge in [-0.3, -0.25) is 4.79 Å². The Kier molecular flexibility index (Phi) is 7.01. The maximum Gasteiger partial charge on any atom is 0.254 e. The second-order valence-electron chi connectivity index (χ2n) is 9.56. The number of nitrogens with zero attached hydrogens (tertiary/aromatic N) is 2. The number of aliphatic hydroxyl groups is 1. The van der Waals surface area contributed by atoms with Crippen molar-refractivity contribution in [1.82, 2.24) is 10.3 Å². The van der Waals surface area contributed by atoms with Gasteiger partial charge in [-0.1, -0.05) is 85.8 Å². The van der Waals surface area contributed by atoms with E-state index in [1.165, 1.54) is 0 Å². The van der Waals surface area contributed by atoms with Gasteiger partial charge in [0.15, 0.2) is 0 Å².